The molecule has 3 rings (SSSR count). The lowest BCUT2D eigenvalue weighted by Crippen LogP contribution is -2.40. The first-order valence-electron chi connectivity index (χ1n) is 9.05. The van der Waals surface area contributed by atoms with Gasteiger partial charge in [0.05, 0.1) is 5.69 Å². The molecule has 1 aromatic heterocycles. The van der Waals surface area contributed by atoms with Crippen LogP contribution in [0.2, 0.25) is 0 Å². The molecule has 1 aliphatic rings. The minimum Gasteiger partial charge on any atom is -0.452 e. The molecule has 0 saturated heterocycles. The van der Waals surface area contributed by atoms with Crippen molar-refractivity contribution >= 4 is 23.4 Å². The monoisotopic (exact) mass is 372 g/mol. The highest BCUT2D eigenvalue weighted by Gasteiger charge is 2.30. The molecule has 2 heterocycles. The molecule has 0 aliphatic carbocycles. The third-order valence-corrected chi connectivity index (χ3v) is 5.19. The lowest BCUT2D eigenvalue weighted by Gasteiger charge is -2.26. The van der Waals surface area contributed by atoms with E-state index in [1.54, 1.807) is 16.7 Å². The average molecular weight is 372 g/mol. The number of unbranched alkanes of at least 4 members (excludes halogenated alkanes) is 3. The van der Waals surface area contributed by atoms with Crippen molar-refractivity contribution in [1.29, 1.82) is 0 Å². The Labute approximate surface area is 158 Å². The molecule has 6 nitrogen and oxygen atoms in total. The van der Waals surface area contributed by atoms with Crippen LogP contribution in [-0.2, 0) is 4.79 Å². The highest BCUT2D eigenvalue weighted by atomic mass is 32.2. The van der Waals surface area contributed by atoms with Gasteiger partial charge in [-0.15, -0.1) is 10.2 Å². The number of ether oxygens (including phenoxy) is 1. The van der Waals surface area contributed by atoms with Gasteiger partial charge in [-0.3, -0.25) is 9.69 Å². The summed E-state index contributed by atoms with van der Waals surface area (Å²) >= 11 is 1.59. The maximum atomic E-state index is 12.2. The predicted octanol–water partition coefficient (Wildman–Crippen LogP) is 4.30. The van der Waals surface area contributed by atoms with E-state index in [4.69, 9.17) is 4.74 Å². The van der Waals surface area contributed by atoms with E-state index in [1.165, 1.54) is 26.2 Å². The zero-order chi connectivity index (χ0) is 18.5. The number of carbonyl (C=O) groups excluding carboxylic acids is 1. The number of rotatable bonds is 6. The van der Waals surface area contributed by atoms with Crippen molar-refractivity contribution in [2.24, 2.45) is 0 Å². The average Bonchev–Trinajstić information content (AvgIpc) is 2.74. The van der Waals surface area contributed by atoms with Gasteiger partial charge in [0.1, 0.15) is 0 Å². The second kappa shape index (κ2) is 8.49. The lowest BCUT2D eigenvalue weighted by atomic mass is 10.1. The first-order chi connectivity index (χ1) is 12.6. The lowest BCUT2D eigenvalue weighted by molar-refractivity contribution is -0.118. The van der Waals surface area contributed by atoms with E-state index in [0.29, 0.717) is 16.7 Å². The fraction of sp³-hybridized carbons (Fsp3) is 0.474. The van der Waals surface area contributed by atoms with Crippen molar-refractivity contribution < 1.29 is 9.53 Å². The number of nitrogens with zero attached hydrogens (tertiary/aromatic N) is 4. The van der Waals surface area contributed by atoms with Gasteiger partial charge in [0, 0.05) is 18.2 Å². The summed E-state index contributed by atoms with van der Waals surface area (Å²) in [5, 5.41) is 9.24. The molecule has 2 aromatic rings. The molecule has 0 saturated carbocycles. The molecule has 0 N–H and O–H groups in total. The fourth-order valence-corrected chi connectivity index (χ4v) is 3.80. The van der Waals surface area contributed by atoms with Crippen molar-refractivity contribution in [2.75, 3.05) is 10.7 Å². The zero-order valence-electron chi connectivity index (χ0n) is 15.4. The maximum absolute atomic E-state index is 12.2. The summed E-state index contributed by atoms with van der Waals surface area (Å²) in [5.74, 6) is 1.31. The van der Waals surface area contributed by atoms with Crippen molar-refractivity contribution in [1.82, 2.24) is 15.2 Å². The summed E-state index contributed by atoms with van der Waals surface area (Å²) in [6.45, 7) is 5.57. The van der Waals surface area contributed by atoms with E-state index in [1.807, 2.05) is 31.2 Å². The molecule has 1 aliphatic heterocycles. The van der Waals surface area contributed by atoms with Crippen LogP contribution in [0.1, 0.15) is 46.5 Å². The van der Waals surface area contributed by atoms with Gasteiger partial charge in [-0.05, 0) is 19.4 Å². The summed E-state index contributed by atoms with van der Waals surface area (Å²) < 4.78 is 5.98. The van der Waals surface area contributed by atoms with Crippen LogP contribution in [0.15, 0.2) is 29.4 Å². The molecule has 1 atom stereocenters. The van der Waals surface area contributed by atoms with Gasteiger partial charge in [-0.25, -0.2) is 0 Å². The van der Waals surface area contributed by atoms with Gasteiger partial charge in [-0.2, -0.15) is 4.98 Å². The van der Waals surface area contributed by atoms with E-state index < -0.39 is 6.23 Å². The van der Waals surface area contributed by atoms with E-state index in [9.17, 15) is 4.79 Å². The van der Waals surface area contributed by atoms with Crippen LogP contribution in [-0.4, -0.2) is 33.1 Å². The Morgan fingerprint density at radius 1 is 1.23 bits per heavy atom. The number of hydrogen-bond donors (Lipinski definition) is 0. The molecule has 1 amide bonds. The number of thioether (sulfide) groups is 1. The quantitative estimate of drug-likeness (QED) is 0.556. The molecule has 0 bridgehead atoms. The van der Waals surface area contributed by atoms with Gasteiger partial charge < -0.3 is 4.74 Å². The Bertz CT molecular complexity index is 784. The summed E-state index contributed by atoms with van der Waals surface area (Å²) in [4.78, 5) is 18.3. The van der Waals surface area contributed by atoms with Gasteiger partial charge in [0.25, 0.3) is 0 Å². The third kappa shape index (κ3) is 3.98. The van der Waals surface area contributed by atoms with E-state index >= 15 is 0 Å². The fourth-order valence-electron chi connectivity index (χ4n) is 3.02. The van der Waals surface area contributed by atoms with Gasteiger partial charge in [0.2, 0.25) is 16.9 Å². The first-order valence-corrected chi connectivity index (χ1v) is 10.0. The number of carbonyl (C=O) groups is 1. The number of benzene rings is 1. The second-order valence-electron chi connectivity index (χ2n) is 6.28. The van der Waals surface area contributed by atoms with Crippen LogP contribution in [0.5, 0.6) is 5.88 Å². The number of para-hydroxylation sites is 1. The number of amides is 1. The van der Waals surface area contributed by atoms with E-state index in [0.717, 1.165) is 23.4 Å². The van der Waals surface area contributed by atoms with Crippen LogP contribution in [0.3, 0.4) is 0 Å². The highest BCUT2D eigenvalue weighted by molar-refractivity contribution is 7.99. The van der Waals surface area contributed by atoms with Gasteiger partial charge in [-0.1, -0.05) is 56.1 Å². The molecule has 0 spiro atoms. The van der Waals surface area contributed by atoms with Crippen LogP contribution >= 0.6 is 11.8 Å². The molecule has 0 fully saturated rings. The SMILES string of the molecule is CCCCCCSc1nnc2c(n1)OC(C)N(C(C)=O)c1ccccc1-2. The Morgan fingerprint density at radius 2 is 2.04 bits per heavy atom. The minimum atomic E-state index is -0.464. The minimum absolute atomic E-state index is 0.0868. The van der Waals surface area contributed by atoms with Gasteiger partial charge >= 0.3 is 0 Å². The molecule has 7 heteroatoms. The topological polar surface area (TPSA) is 68.2 Å². The number of anilines is 1. The van der Waals surface area contributed by atoms with Crippen molar-refractivity contribution in [3.05, 3.63) is 24.3 Å². The summed E-state index contributed by atoms with van der Waals surface area (Å²) in [7, 11) is 0. The Kier molecular flexibility index (Phi) is 6.08. The van der Waals surface area contributed by atoms with Crippen LogP contribution in [0, 0.1) is 0 Å². The molecule has 1 unspecified atom stereocenters. The first kappa shape index (κ1) is 18.6. The Balaban J connectivity index is 1.87. The largest absolute Gasteiger partial charge is 0.452 e. The van der Waals surface area contributed by atoms with Crippen molar-refractivity contribution in [2.45, 2.75) is 57.8 Å². The smallest absolute Gasteiger partial charge is 0.247 e. The van der Waals surface area contributed by atoms with E-state index in [2.05, 4.69) is 22.1 Å². The standard InChI is InChI=1S/C19H24N4O2S/c1-4-5-6-9-12-26-19-20-18-17(21-22-19)15-10-7-8-11-16(15)23(13(2)24)14(3)25-18/h7-8,10-11,14H,4-6,9,12H2,1-3H3. The highest BCUT2D eigenvalue weighted by Crippen LogP contribution is 2.39. The van der Waals surface area contributed by atoms with Gasteiger partial charge in [0.15, 0.2) is 11.9 Å². The van der Waals surface area contributed by atoms with E-state index in [-0.39, 0.29) is 5.91 Å². The molecule has 138 valence electrons. The second-order valence-corrected chi connectivity index (χ2v) is 7.34. The molecular weight excluding hydrogens is 348 g/mol. The molecule has 26 heavy (non-hydrogen) atoms. The summed E-state index contributed by atoms with van der Waals surface area (Å²) in [5.41, 5.74) is 2.15. The summed E-state index contributed by atoms with van der Waals surface area (Å²) in [6, 6.07) is 7.62. The summed E-state index contributed by atoms with van der Waals surface area (Å²) in [6.07, 6.45) is 4.36. The molecule has 0 radical (unpaired) electrons. The Hall–Kier alpha value is -2.15. The van der Waals surface area contributed by atoms with Crippen LogP contribution in [0.4, 0.5) is 5.69 Å². The van der Waals surface area contributed by atoms with Crippen LogP contribution < -0.4 is 9.64 Å². The van der Waals surface area contributed by atoms with Crippen molar-refractivity contribution in [3.8, 4) is 17.1 Å². The third-order valence-electron chi connectivity index (χ3n) is 4.27. The molecule has 1 aromatic carbocycles. The Morgan fingerprint density at radius 3 is 2.81 bits per heavy atom. The number of fused-ring (bicyclic) bond motifs is 3. The normalized spacial score (nSPS) is 15.7. The zero-order valence-corrected chi connectivity index (χ0v) is 16.3. The maximum Gasteiger partial charge on any atom is 0.247 e. The predicted molar refractivity (Wildman–Crippen MR) is 103 cm³/mol. The number of aromatic nitrogens is 3. The van der Waals surface area contributed by atoms with Crippen molar-refractivity contribution in [3.63, 3.8) is 0 Å². The molecular formula is C19H24N4O2S. The number of hydrogen-bond acceptors (Lipinski definition) is 6. The van der Waals surface area contributed by atoms with Crippen LogP contribution in [0.25, 0.3) is 11.3 Å².